The lowest BCUT2D eigenvalue weighted by molar-refractivity contribution is -0.125. The number of para-hydroxylation sites is 1. The van der Waals surface area contributed by atoms with Gasteiger partial charge in [-0.05, 0) is 50.4 Å². The Hall–Kier alpha value is -0.880. The zero-order valence-corrected chi connectivity index (χ0v) is 12.0. The zero-order chi connectivity index (χ0) is 12.4. The Morgan fingerprint density at radius 2 is 1.94 bits per heavy atom. The van der Waals surface area contributed by atoms with Crippen LogP contribution in [0.25, 0.3) is 0 Å². The second-order valence-corrected chi connectivity index (χ2v) is 5.28. The summed E-state index contributed by atoms with van der Waals surface area (Å²) in [7, 11) is 0. The fraction of sp³-hybridized carbons (Fsp3) is 0.273. The molecular formula is C11H9Br2NO3. The predicted octanol–water partition coefficient (Wildman–Crippen LogP) is 3.33. The van der Waals surface area contributed by atoms with Crippen LogP contribution < -0.4 is 4.74 Å². The zero-order valence-electron chi connectivity index (χ0n) is 8.78. The van der Waals surface area contributed by atoms with Crippen LogP contribution in [0.2, 0.25) is 0 Å². The van der Waals surface area contributed by atoms with Crippen LogP contribution in [0.15, 0.2) is 27.1 Å². The largest absolute Gasteiger partial charge is 0.422 e. The van der Waals surface area contributed by atoms with E-state index in [1.165, 1.54) is 0 Å². The van der Waals surface area contributed by atoms with Crippen LogP contribution in [0.5, 0.6) is 5.75 Å². The number of benzene rings is 1. The molecule has 6 heteroatoms. The van der Waals surface area contributed by atoms with Crippen LogP contribution in [0, 0.1) is 0 Å². The van der Waals surface area contributed by atoms with Crippen LogP contribution in [-0.2, 0) is 4.79 Å². The number of hydrogen-bond donors (Lipinski definition) is 0. The highest BCUT2D eigenvalue weighted by Gasteiger charge is 2.28. The first-order valence-corrected chi connectivity index (χ1v) is 6.64. The average Bonchev–Trinajstić information content (AvgIpc) is 2.70. The number of hydrogen-bond acceptors (Lipinski definition) is 3. The molecule has 1 fully saturated rings. The molecule has 0 aromatic heterocycles. The monoisotopic (exact) mass is 361 g/mol. The molecule has 1 heterocycles. The molecule has 0 saturated carbocycles. The van der Waals surface area contributed by atoms with Crippen LogP contribution in [0.3, 0.4) is 0 Å². The van der Waals surface area contributed by atoms with E-state index < -0.39 is 6.09 Å². The SMILES string of the molecule is O=C1CCCN1C(=O)Oc1c(Br)cccc1Br. The Kier molecular flexibility index (Phi) is 3.83. The standard InChI is InChI=1S/C11H9Br2NO3/c12-7-3-1-4-8(13)10(7)17-11(16)14-6-2-5-9(14)15/h1,3-4H,2,5-6H2. The number of carbonyl (C=O) groups excluding carboxylic acids is 2. The molecule has 17 heavy (non-hydrogen) atoms. The summed E-state index contributed by atoms with van der Waals surface area (Å²) >= 11 is 6.58. The Balaban J connectivity index is 2.16. The fourth-order valence-electron chi connectivity index (χ4n) is 1.56. The van der Waals surface area contributed by atoms with Crippen molar-refractivity contribution >= 4 is 43.9 Å². The van der Waals surface area contributed by atoms with E-state index in [2.05, 4.69) is 31.9 Å². The van der Waals surface area contributed by atoms with Gasteiger partial charge in [-0.2, -0.15) is 0 Å². The van der Waals surface area contributed by atoms with Gasteiger partial charge in [0.1, 0.15) is 0 Å². The first-order valence-electron chi connectivity index (χ1n) is 5.06. The maximum absolute atomic E-state index is 11.8. The van der Waals surface area contributed by atoms with Gasteiger partial charge in [0.15, 0.2) is 5.75 Å². The van der Waals surface area contributed by atoms with Crippen LogP contribution in [0.4, 0.5) is 4.79 Å². The lowest BCUT2D eigenvalue weighted by Crippen LogP contribution is -2.34. The van der Waals surface area contributed by atoms with Gasteiger partial charge in [-0.3, -0.25) is 4.79 Å². The lowest BCUT2D eigenvalue weighted by Gasteiger charge is -2.14. The number of carbonyl (C=O) groups is 2. The van der Waals surface area contributed by atoms with Crippen molar-refractivity contribution in [2.75, 3.05) is 6.54 Å². The van der Waals surface area contributed by atoms with Gasteiger partial charge in [0, 0.05) is 13.0 Å². The summed E-state index contributed by atoms with van der Waals surface area (Å²) in [4.78, 5) is 24.3. The maximum Gasteiger partial charge on any atom is 0.422 e. The predicted molar refractivity (Wildman–Crippen MR) is 68.8 cm³/mol. The van der Waals surface area contributed by atoms with E-state index in [1.807, 2.05) is 6.07 Å². The van der Waals surface area contributed by atoms with Gasteiger partial charge in [-0.25, -0.2) is 9.69 Å². The Morgan fingerprint density at radius 1 is 1.29 bits per heavy atom. The van der Waals surface area contributed by atoms with Gasteiger partial charge >= 0.3 is 6.09 Å². The highest BCUT2D eigenvalue weighted by molar-refractivity contribution is 9.11. The molecule has 1 aliphatic heterocycles. The third kappa shape index (κ3) is 2.69. The smallest absolute Gasteiger partial charge is 0.407 e. The molecule has 1 aromatic carbocycles. The summed E-state index contributed by atoms with van der Waals surface area (Å²) in [6, 6.07) is 5.34. The van der Waals surface area contributed by atoms with E-state index in [0.29, 0.717) is 34.1 Å². The van der Waals surface area contributed by atoms with Gasteiger partial charge < -0.3 is 4.74 Å². The topological polar surface area (TPSA) is 46.6 Å². The van der Waals surface area contributed by atoms with E-state index in [9.17, 15) is 9.59 Å². The third-order valence-corrected chi connectivity index (χ3v) is 3.65. The Morgan fingerprint density at radius 3 is 2.47 bits per heavy atom. The molecule has 0 bridgehead atoms. The molecule has 1 saturated heterocycles. The van der Waals surface area contributed by atoms with Crippen molar-refractivity contribution < 1.29 is 14.3 Å². The van der Waals surface area contributed by atoms with Gasteiger partial charge in [0.05, 0.1) is 8.95 Å². The molecule has 1 aliphatic rings. The van der Waals surface area contributed by atoms with Gasteiger partial charge in [-0.15, -0.1) is 0 Å². The summed E-state index contributed by atoms with van der Waals surface area (Å²) in [5, 5.41) is 0. The number of imide groups is 1. The third-order valence-electron chi connectivity index (χ3n) is 2.40. The number of likely N-dealkylation sites (tertiary alicyclic amines) is 1. The van der Waals surface area contributed by atoms with E-state index in [1.54, 1.807) is 12.1 Å². The molecule has 2 rings (SSSR count). The quantitative estimate of drug-likeness (QED) is 0.769. The minimum absolute atomic E-state index is 0.182. The van der Waals surface area contributed by atoms with E-state index in [4.69, 9.17) is 4.74 Å². The summed E-state index contributed by atoms with van der Waals surface area (Å²) in [6.07, 6.45) is 0.484. The second-order valence-electron chi connectivity index (χ2n) is 3.57. The average molecular weight is 363 g/mol. The molecule has 0 atom stereocenters. The van der Waals surface area contributed by atoms with Crippen molar-refractivity contribution in [3.63, 3.8) is 0 Å². The molecule has 0 unspecified atom stereocenters. The van der Waals surface area contributed by atoms with Crippen molar-refractivity contribution in [1.29, 1.82) is 0 Å². The van der Waals surface area contributed by atoms with Crippen LogP contribution >= 0.6 is 31.9 Å². The normalized spacial score (nSPS) is 15.2. The molecule has 0 spiro atoms. The van der Waals surface area contributed by atoms with Crippen molar-refractivity contribution in [3.8, 4) is 5.75 Å². The first-order chi connectivity index (χ1) is 8.09. The second kappa shape index (κ2) is 5.18. The molecule has 2 amide bonds. The summed E-state index contributed by atoms with van der Waals surface area (Å²) in [5.74, 6) is 0.204. The van der Waals surface area contributed by atoms with E-state index in [0.717, 1.165) is 4.90 Å². The van der Waals surface area contributed by atoms with Gasteiger partial charge in [-0.1, -0.05) is 6.07 Å². The molecule has 0 radical (unpaired) electrons. The number of halogens is 2. The van der Waals surface area contributed by atoms with Crippen molar-refractivity contribution in [2.24, 2.45) is 0 Å². The lowest BCUT2D eigenvalue weighted by atomic mass is 10.3. The minimum atomic E-state index is -0.625. The number of nitrogens with zero attached hydrogens (tertiary/aromatic N) is 1. The Bertz CT molecular complexity index is 456. The number of ether oxygens (including phenoxy) is 1. The molecule has 1 aromatic rings. The number of rotatable bonds is 1. The highest BCUT2D eigenvalue weighted by atomic mass is 79.9. The van der Waals surface area contributed by atoms with Crippen molar-refractivity contribution in [2.45, 2.75) is 12.8 Å². The fourth-order valence-corrected chi connectivity index (χ4v) is 2.72. The highest BCUT2D eigenvalue weighted by Crippen LogP contribution is 2.33. The Labute approximate surface area is 115 Å². The molecule has 4 nitrogen and oxygen atoms in total. The van der Waals surface area contributed by atoms with E-state index >= 15 is 0 Å². The molecular weight excluding hydrogens is 354 g/mol. The van der Waals surface area contributed by atoms with Crippen LogP contribution in [-0.4, -0.2) is 23.4 Å². The van der Waals surface area contributed by atoms with Crippen molar-refractivity contribution in [3.05, 3.63) is 27.1 Å². The minimum Gasteiger partial charge on any atom is -0.407 e. The van der Waals surface area contributed by atoms with Crippen LogP contribution in [0.1, 0.15) is 12.8 Å². The summed E-state index contributed by atoms with van der Waals surface area (Å²) in [5.41, 5.74) is 0. The summed E-state index contributed by atoms with van der Waals surface area (Å²) in [6.45, 7) is 0.430. The number of amides is 2. The molecule has 0 aliphatic carbocycles. The molecule has 0 N–H and O–H groups in total. The van der Waals surface area contributed by atoms with E-state index in [-0.39, 0.29) is 5.91 Å². The van der Waals surface area contributed by atoms with Gasteiger partial charge in [0.25, 0.3) is 0 Å². The van der Waals surface area contributed by atoms with Gasteiger partial charge in [0.2, 0.25) is 5.91 Å². The molecule has 90 valence electrons. The maximum atomic E-state index is 11.8. The summed E-state index contributed by atoms with van der Waals surface area (Å²) < 4.78 is 6.52. The van der Waals surface area contributed by atoms with Crippen molar-refractivity contribution in [1.82, 2.24) is 4.90 Å². The first kappa shape index (κ1) is 12.6.